The average molecular weight is 374 g/mol. The molecule has 62 valence electrons. The molecule has 0 N–H and O–H groups in total. The fourth-order valence-electron chi connectivity index (χ4n) is 1.30. The maximum absolute atomic E-state index is 2.52. The van der Waals surface area contributed by atoms with E-state index in [9.17, 15) is 0 Å². The molecule has 2 heteroatoms. The van der Waals surface area contributed by atoms with Crippen LogP contribution in [0.4, 0.5) is 0 Å². The van der Waals surface area contributed by atoms with Crippen molar-refractivity contribution >= 4 is 39.6 Å². The first-order chi connectivity index (χ1) is 5.29. The van der Waals surface area contributed by atoms with Crippen molar-refractivity contribution in [3.05, 3.63) is 31.4 Å². The quantitative estimate of drug-likeness (QED) is 0.483. The third-order valence-corrected chi connectivity index (χ3v) is 22.0. The Morgan fingerprint density at radius 2 is 1.45 bits per heavy atom. The summed E-state index contributed by atoms with van der Waals surface area (Å²) in [6.07, 6.45) is 0. The van der Waals surface area contributed by atoms with Crippen LogP contribution in [0.15, 0.2) is 24.3 Å². The number of hydrogen-bond donors (Lipinski definition) is 0. The summed E-state index contributed by atoms with van der Waals surface area (Å²) >= 11 is -1.20. The number of fused-ring (bicyclic) bond motifs is 1. The van der Waals surface area contributed by atoms with Crippen molar-refractivity contribution in [1.82, 2.24) is 0 Å². The van der Waals surface area contributed by atoms with Gasteiger partial charge in [-0.05, 0) is 0 Å². The van der Waals surface area contributed by atoms with E-state index in [2.05, 4.69) is 34.1 Å². The van der Waals surface area contributed by atoms with Gasteiger partial charge < -0.3 is 0 Å². The minimum atomic E-state index is -0.600. The first kappa shape index (κ1) is 8.29. The van der Waals surface area contributed by atoms with E-state index in [-0.39, 0.29) is 0 Å². The molecule has 0 bridgehead atoms. The Kier molecular flexibility index (Phi) is 2.41. The van der Waals surface area contributed by atoms with Gasteiger partial charge in [-0.3, -0.25) is 0 Å². The summed E-state index contributed by atoms with van der Waals surface area (Å²) in [4.78, 5) is 5.04. The maximum atomic E-state index is 2.52. The molecule has 0 fully saturated rings. The Hall–Kier alpha value is 0.680. The van der Waals surface area contributed by atoms with Crippen LogP contribution >= 0.6 is 39.6 Å². The first-order valence-electron chi connectivity index (χ1n) is 3.50. The fourth-order valence-corrected chi connectivity index (χ4v) is 24.5. The van der Waals surface area contributed by atoms with Crippen molar-refractivity contribution in [2.45, 2.75) is 0 Å². The Morgan fingerprint density at radius 3 is 1.91 bits per heavy atom. The molecule has 1 aliphatic heterocycles. The number of halogens is 2. The van der Waals surface area contributed by atoms with Gasteiger partial charge in [0.1, 0.15) is 0 Å². The predicted molar refractivity (Wildman–Crippen MR) is 68.6 cm³/mol. The summed E-state index contributed by atoms with van der Waals surface area (Å²) < 4.78 is 5.24. The van der Waals surface area contributed by atoms with Gasteiger partial charge in [0.15, 0.2) is 0 Å². The Balaban J connectivity index is 2.52. The van der Waals surface area contributed by atoms with Crippen LogP contribution in [-0.4, -0.2) is 12.3 Å². The molecule has 0 atom stereocenters. The molecule has 1 heterocycles. The minimum absolute atomic E-state index is 0.600. The molecular weight excluding hydrogens is 362 g/mol. The standard InChI is InChI=1S/C9H12I2/c1-10-7-11(2)9-6-4-3-5-8(9)10/h3-6H,7H2,1-2H3. The molecule has 0 amide bonds. The molecule has 0 saturated carbocycles. The van der Waals surface area contributed by atoms with Crippen molar-refractivity contribution < 1.29 is 0 Å². The van der Waals surface area contributed by atoms with E-state index in [1.54, 1.807) is 9.57 Å². The van der Waals surface area contributed by atoms with Crippen molar-refractivity contribution in [2.75, 3.05) is 12.3 Å². The second-order valence-corrected chi connectivity index (χ2v) is 16.2. The Bertz CT molecular complexity index is 243. The monoisotopic (exact) mass is 374 g/mol. The van der Waals surface area contributed by atoms with E-state index < -0.39 is 39.6 Å². The van der Waals surface area contributed by atoms with Gasteiger partial charge >= 0.3 is 83.3 Å². The van der Waals surface area contributed by atoms with Crippen molar-refractivity contribution in [1.29, 1.82) is 0 Å². The summed E-state index contributed by atoms with van der Waals surface area (Å²) in [5.41, 5.74) is 0. The van der Waals surface area contributed by atoms with Crippen molar-refractivity contribution in [3.63, 3.8) is 0 Å². The third-order valence-electron chi connectivity index (χ3n) is 1.82. The van der Waals surface area contributed by atoms with Gasteiger partial charge in [-0.15, -0.1) is 0 Å². The van der Waals surface area contributed by atoms with Gasteiger partial charge in [0.05, 0.1) is 0 Å². The van der Waals surface area contributed by atoms with Gasteiger partial charge in [-0.2, -0.15) is 0 Å². The molecule has 0 aromatic heterocycles. The predicted octanol–water partition coefficient (Wildman–Crippen LogP) is 3.27. The van der Waals surface area contributed by atoms with Crippen LogP contribution in [0.5, 0.6) is 0 Å². The number of rotatable bonds is 0. The van der Waals surface area contributed by atoms with Crippen LogP contribution in [-0.2, 0) is 0 Å². The summed E-state index contributed by atoms with van der Waals surface area (Å²) in [7, 11) is 0. The first-order valence-corrected chi connectivity index (χ1v) is 13.0. The van der Waals surface area contributed by atoms with E-state index in [1.807, 2.05) is 0 Å². The zero-order chi connectivity index (χ0) is 7.84. The molecular formula is C9H12I2. The SMILES string of the molecule is CI1CI(C)c2ccccc21. The van der Waals surface area contributed by atoms with E-state index in [1.165, 1.54) is 0 Å². The van der Waals surface area contributed by atoms with E-state index in [0.717, 1.165) is 0 Å². The molecule has 0 spiro atoms. The summed E-state index contributed by atoms with van der Waals surface area (Å²) in [5, 5.41) is 0. The number of benzene rings is 1. The van der Waals surface area contributed by atoms with Gasteiger partial charge in [0, 0.05) is 0 Å². The zero-order valence-electron chi connectivity index (χ0n) is 6.77. The topological polar surface area (TPSA) is 0 Å². The molecule has 1 aromatic carbocycles. The third kappa shape index (κ3) is 1.43. The van der Waals surface area contributed by atoms with Crippen LogP contribution in [0.3, 0.4) is 0 Å². The van der Waals surface area contributed by atoms with Gasteiger partial charge in [-0.25, -0.2) is 0 Å². The molecule has 0 nitrogen and oxygen atoms in total. The van der Waals surface area contributed by atoms with Crippen LogP contribution in [0.2, 0.25) is 0 Å². The summed E-state index contributed by atoms with van der Waals surface area (Å²) in [6.45, 7) is 0. The van der Waals surface area contributed by atoms with Crippen molar-refractivity contribution in [2.24, 2.45) is 0 Å². The van der Waals surface area contributed by atoms with Gasteiger partial charge in [0.2, 0.25) is 0 Å². The van der Waals surface area contributed by atoms with Crippen LogP contribution in [0.25, 0.3) is 0 Å². The molecule has 0 aliphatic carbocycles. The van der Waals surface area contributed by atoms with Crippen LogP contribution in [0, 0.1) is 7.14 Å². The molecule has 0 radical (unpaired) electrons. The summed E-state index contributed by atoms with van der Waals surface area (Å²) in [6, 6.07) is 9.17. The van der Waals surface area contributed by atoms with E-state index >= 15 is 0 Å². The van der Waals surface area contributed by atoms with E-state index in [4.69, 9.17) is 0 Å². The Labute approximate surface area is 82.5 Å². The van der Waals surface area contributed by atoms with E-state index in [0.29, 0.717) is 0 Å². The van der Waals surface area contributed by atoms with Gasteiger partial charge in [-0.1, -0.05) is 0 Å². The van der Waals surface area contributed by atoms with Crippen molar-refractivity contribution in [3.8, 4) is 0 Å². The zero-order valence-corrected chi connectivity index (χ0v) is 11.1. The molecule has 1 aromatic rings. The van der Waals surface area contributed by atoms with Crippen LogP contribution in [0.1, 0.15) is 0 Å². The average Bonchev–Trinajstić information content (AvgIpc) is 2.30. The number of hydrogen-bond acceptors (Lipinski definition) is 0. The number of alkyl halides is 4. The molecule has 0 saturated heterocycles. The van der Waals surface area contributed by atoms with Gasteiger partial charge in [0.25, 0.3) is 0 Å². The normalized spacial score (nSPS) is 22.0. The second-order valence-electron chi connectivity index (χ2n) is 2.69. The Morgan fingerprint density at radius 1 is 1.00 bits per heavy atom. The fraction of sp³-hybridized carbons (Fsp3) is 0.333. The molecule has 0 unspecified atom stereocenters. The molecule has 11 heavy (non-hydrogen) atoms. The van der Waals surface area contributed by atoms with Crippen LogP contribution < -0.4 is 0 Å². The second kappa shape index (κ2) is 3.20. The summed E-state index contributed by atoms with van der Waals surface area (Å²) in [5.74, 6) is 0. The molecule has 1 aliphatic rings. The molecule has 2 rings (SSSR count).